The van der Waals surface area contributed by atoms with Crippen LogP contribution in [0.4, 0.5) is 5.95 Å². The molecule has 8 nitrogen and oxygen atoms in total. The lowest BCUT2D eigenvalue weighted by atomic mass is 9.71. The maximum Gasteiger partial charge on any atom is 0.338 e. The van der Waals surface area contributed by atoms with Crippen LogP contribution < -0.4 is 9.64 Å². The van der Waals surface area contributed by atoms with E-state index in [0.717, 1.165) is 74.5 Å². The second kappa shape index (κ2) is 8.91. The summed E-state index contributed by atoms with van der Waals surface area (Å²) in [4.78, 5) is 25.3. The largest absolute Gasteiger partial charge is 0.481 e. The number of fused-ring (bicyclic) bond motifs is 1. The van der Waals surface area contributed by atoms with Gasteiger partial charge in [0.1, 0.15) is 6.61 Å². The number of aromatic nitrogens is 2. The first-order valence-corrected chi connectivity index (χ1v) is 11.8. The first kappa shape index (κ1) is 22.1. The van der Waals surface area contributed by atoms with E-state index >= 15 is 0 Å². The number of aliphatic hydroxyl groups is 1. The van der Waals surface area contributed by atoms with Crippen molar-refractivity contribution in [1.29, 1.82) is 0 Å². The van der Waals surface area contributed by atoms with Crippen molar-refractivity contribution >= 4 is 11.9 Å². The summed E-state index contributed by atoms with van der Waals surface area (Å²) in [6.07, 6.45) is 5.77. The summed E-state index contributed by atoms with van der Waals surface area (Å²) in [5.74, 6) is 1.09. The highest BCUT2D eigenvalue weighted by Crippen LogP contribution is 2.42. The average Bonchev–Trinajstić information content (AvgIpc) is 3.23. The van der Waals surface area contributed by atoms with Gasteiger partial charge in [-0.25, -0.2) is 9.78 Å². The number of anilines is 1. The lowest BCUT2D eigenvalue weighted by molar-refractivity contribution is 0.0446. The van der Waals surface area contributed by atoms with Crippen molar-refractivity contribution in [1.82, 2.24) is 14.9 Å². The first-order chi connectivity index (χ1) is 16.0. The van der Waals surface area contributed by atoms with E-state index in [1.807, 2.05) is 13.0 Å². The molecule has 0 radical (unpaired) electrons. The minimum atomic E-state index is -0.563. The molecule has 0 bridgehead atoms. The first-order valence-electron chi connectivity index (χ1n) is 11.8. The second-order valence-corrected chi connectivity index (χ2v) is 9.58. The highest BCUT2D eigenvalue weighted by Gasteiger charge is 2.38. The number of likely N-dealkylation sites (tertiary alicyclic amines) is 1. The Morgan fingerprint density at radius 3 is 2.61 bits per heavy atom. The fourth-order valence-electron chi connectivity index (χ4n) is 5.56. The summed E-state index contributed by atoms with van der Waals surface area (Å²) in [5.41, 5.74) is 3.80. The van der Waals surface area contributed by atoms with Gasteiger partial charge in [0.25, 0.3) is 0 Å². The van der Waals surface area contributed by atoms with Gasteiger partial charge in [-0.15, -0.1) is 0 Å². The number of aliphatic hydroxyl groups excluding tert-OH is 1. The van der Waals surface area contributed by atoms with Crippen LogP contribution in [0.1, 0.15) is 58.8 Å². The summed E-state index contributed by atoms with van der Waals surface area (Å²) >= 11 is 0. The molecule has 0 saturated carbocycles. The third kappa shape index (κ3) is 4.29. The van der Waals surface area contributed by atoms with E-state index in [1.165, 1.54) is 0 Å². The van der Waals surface area contributed by atoms with Crippen molar-refractivity contribution in [2.45, 2.75) is 45.3 Å². The molecule has 1 unspecified atom stereocenters. The fourth-order valence-corrected chi connectivity index (χ4v) is 5.56. The lowest BCUT2D eigenvalue weighted by Crippen LogP contribution is -2.47. The molecular weight excluding hydrogens is 420 g/mol. The van der Waals surface area contributed by atoms with Crippen molar-refractivity contribution in [2.24, 2.45) is 5.41 Å². The predicted octanol–water partition coefficient (Wildman–Crippen LogP) is 2.88. The molecule has 1 atom stereocenters. The third-order valence-corrected chi connectivity index (χ3v) is 7.85. The summed E-state index contributed by atoms with van der Waals surface area (Å²) in [6, 6.07) is 5.45. The Morgan fingerprint density at radius 1 is 1.15 bits per heavy atom. The van der Waals surface area contributed by atoms with Gasteiger partial charge in [-0.05, 0) is 68.3 Å². The molecule has 1 aromatic heterocycles. The number of ether oxygens (including phenoxy) is 2. The quantitative estimate of drug-likeness (QED) is 0.693. The number of rotatable bonds is 5. The van der Waals surface area contributed by atoms with E-state index in [0.29, 0.717) is 30.0 Å². The van der Waals surface area contributed by atoms with Crippen LogP contribution >= 0.6 is 0 Å². The van der Waals surface area contributed by atoms with Gasteiger partial charge in [-0.1, -0.05) is 6.07 Å². The molecule has 1 aromatic carbocycles. The lowest BCUT2D eigenvalue weighted by Gasteiger charge is -2.47. The van der Waals surface area contributed by atoms with Crippen LogP contribution in [0.25, 0.3) is 0 Å². The van der Waals surface area contributed by atoms with E-state index in [1.54, 1.807) is 25.4 Å². The van der Waals surface area contributed by atoms with Crippen molar-refractivity contribution in [3.05, 3.63) is 46.6 Å². The second-order valence-electron chi connectivity index (χ2n) is 9.58. The zero-order valence-electron chi connectivity index (χ0n) is 19.4. The average molecular weight is 453 g/mol. The molecule has 5 rings (SSSR count). The third-order valence-electron chi connectivity index (χ3n) is 7.85. The minimum absolute atomic E-state index is 0.264. The Morgan fingerprint density at radius 2 is 1.88 bits per heavy atom. The number of nitrogens with zero attached hydrogens (tertiary/aromatic N) is 4. The number of carbonyl (C=O) groups excluding carboxylic acids is 1. The van der Waals surface area contributed by atoms with E-state index in [2.05, 4.69) is 19.8 Å². The maximum atomic E-state index is 11.8. The SMILES string of the molecule is COc1ccnc(N2CCC3(CCN(CC(O)c4ccc5c(c4C)COC5=O)CC3)CC2)n1. The van der Waals surface area contributed by atoms with Crippen molar-refractivity contribution in [2.75, 3.05) is 44.7 Å². The molecule has 4 heterocycles. The molecule has 1 N–H and O–H groups in total. The van der Waals surface area contributed by atoms with Crippen LogP contribution in [0.15, 0.2) is 24.4 Å². The highest BCUT2D eigenvalue weighted by atomic mass is 16.5. The van der Waals surface area contributed by atoms with Gasteiger partial charge in [-0.3, -0.25) is 0 Å². The van der Waals surface area contributed by atoms with Gasteiger partial charge in [0.05, 0.1) is 18.8 Å². The molecule has 3 aliphatic rings. The Bertz CT molecular complexity index is 1030. The van der Waals surface area contributed by atoms with E-state index in [9.17, 15) is 9.90 Å². The molecule has 2 saturated heterocycles. The van der Waals surface area contributed by atoms with Gasteiger partial charge < -0.3 is 24.4 Å². The molecule has 1 spiro atoms. The number of piperidine rings is 2. The zero-order chi connectivity index (χ0) is 23.0. The Hall–Kier alpha value is -2.71. The normalized spacial score (nSPS) is 21.1. The molecule has 33 heavy (non-hydrogen) atoms. The van der Waals surface area contributed by atoms with Gasteiger partial charge in [0.2, 0.25) is 11.8 Å². The van der Waals surface area contributed by atoms with Gasteiger partial charge >= 0.3 is 5.97 Å². The number of esters is 1. The summed E-state index contributed by atoms with van der Waals surface area (Å²) in [6.45, 7) is 6.83. The standard InChI is InChI=1S/C25H32N4O4/c1-17-18(3-4-19-20(17)16-33-23(19)31)21(30)15-28-11-6-25(7-12-28)8-13-29(14-9-25)24-26-10-5-22(27-24)32-2/h3-5,10,21,30H,6-9,11-16H2,1-2H3. The molecule has 2 aromatic rings. The van der Waals surface area contributed by atoms with Crippen LogP contribution in [0.2, 0.25) is 0 Å². The topological polar surface area (TPSA) is 88.0 Å². The smallest absolute Gasteiger partial charge is 0.338 e. The highest BCUT2D eigenvalue weighted by molar-refractivity contribution is 5.93. The van der Waals surface area contributed by atoms with Crippen molar-refractivity contribution < 1.29 is 19.4 Å². The van der Waals surface area contributed by atoms with E-state index in [-0.39, 0.29) is 5.97 Å². The monoisotopic (exact) mass is 452 g/mol. The van der Waals surface area contributed by atoms with Crippen LogP contribution in [-0.2, 0) is 11.3 Å². The minimum Gasteiger partial charge on any atom is -0.481 e. The van der Waals surface area contributed by atoms with Crippen LogP contribution in [-0.4, -0.2) is 65.8 Å². The fraction of sp³-hybridized carbons (Fsp3) is 0.560. The van der Waals surface area contributed by atoms with E-state index < -0.39 is 6.10 Å². The Labute approximate surface area is 194 Å². The summed E-state index contributed by atoms with van der Waals surface area (Å²) in [5, 5.41) is 11.0. The van der Waals surface area contributed by atoms with Crippen LogP contribution in [0, 0.1) is 12.3 Å². The zero-order valence-corrected chi connectivity index (χ0v) is 19.4. The summed E-state index contributed by atoms with van der Waals surface area (Å²) < 4.78 is 10.4. The number of benzene rings is 1. The molecule has 0 amide bonds. The predicted molar refractivity (Wildman–Crippen MR) is 123 cm³/mol. The van der Waals surface area contributed by atoms with Crippen molar-refractivity contribution in [3.63, 3.8) is 0 Å². The molecule has 0 aliphatic carbocycles. The number of methoxy groups -OCH3 is 1. The molecule has 3 aliphatic heterocycles. The van der Waals surface area contributed by atoms with Gasteiger partial charge in [0.15, 0.2) is 0 Å². The number of cyclic esters (lactones) is 1. The van der Waals surface area contributed by atoms with E-state index in [4.69, 9.17) is 9.47 Å². The van der Waals surface area contributed by atoms with Gasteiger partial charge in [0, 0.05) is 37.5 Å². The molecule has 176 valence electrons. The summed E-state index contributed by atoms with van der Waals surface area (Å²) in [7, 11) is 1.63. The van der Waals surface area contributed by atoms with Crippen LogP contribution in [0.5, 0.6) is 5.88 Å². The molecule has 8 heteroatoms. The molecule has 2 fully saturated rings. The van der Waals surface area contributed by atoms with Crippen LogP contribution in [0.3, 0.4) is 0 Å². The van der Waals surface area contributed by atoms with Crippen molar-refractivity contribution in [3.8, 4) is 5.88 Å². The Kier molecular flexibility index (Phi) is 5.97. The maximum absolute atomic E-state index is 11.8. The number of β-amino-alcohol motifs (C(OH)–C–C–N with tert-alkyl or cyclic N) is 1. The number of hydrogen-bond donors (Lipinski definition) is 1. The van der Waals surface area contributed by atoms with Gasteiger partial charge in [-0.2, -0.15) is 4.98 Å². The molecular formula is C25H32N4O4. The number of hydrogen-bond acceptors (Lipinski definition) is 8. The number of carbonyl (C=O) groups is 1. The Balaban J connectivity index is 1.15.